The first-order valence-electron chi connectivity index (χ1n) is 13.4. The number of fused-ring (bicyclic) bond motifs is 1. The number of aliphatic hydroxyl groups excluding tert-OH is 1. The fourth-order valence-corrected chi connectivity index (χ4v) is 5.34. The molecular weight excluding hydrogens is 486 g/mol. The summed E-state index contributed by atoms with van der Waals surface area (Å²) >= 11 is 0. The number of aliphatic hydroxyl groups is 1. The molecule has 2 fully saturated rings. The van der Waals surface area contributed by atoms with Gasteiger partial charge in [0.05, 0.1) is 12.6 Å². The third kappa shape index (κ3) is 4.90. The van der Waals surface area contributed by atoms with E-state index in [1.807, 2.05) is 32.0 Å². The summed E-state index contributed by atoms with van der Waals surface area (Å²) in [6, 6.07) is 8.52. The second-order valence-corrected chi connectivity index (χ2v) is 10.5. The smallest absolute Gasteiger partial charge is 0.324 e. The van der Waals surface area contributed by atoms with E-state index in [-0.39, 0.29) is 17.9 Å². The van der Waals surface area contributed by atoms with Gasteiger partial charge >= 0.3 is 6.01 Å². The Morgan fingerprint density at radius 3 is 2.68 bits per heavy atom. The molecule has 200 valence electrons. The van der Waals surface area contributed by atoms with Crippen molar-refractivity contribution in [3.05, 3.63) is 42.0 Å². The number of aromatic nitrogens is 4. The van der Waals surface area contributed by atoms with Crippen LogP contribution in [-0.4, -0.2) is 69.5 Å². The zero-order valence-corrected chi connectivity index (χ0v) is 21.8. The first-order chi connectivity index (χ1) is 18.4. The van der Waals surface area contributed by atoms with Crippen LogP contribution >= 0.6 is 0 Å². The van der Waals surface area contributed by atoms with Gasteiger partial charge in [-0.15, -0.1) is 0 Å². The van der Waals surface area contributed by atoms with Crippen molar-refractivity contribution in [1.29, 1.82) is 0 Å². The number of amides is 1. The number of carbonyl (C=O) groups is 1. The summed E-state index contributed by atoms with van der Waals surface area (Å²) in [7, 11) is 0. The summed E-state index contributed by atoms with van der Waals surface area (Å²) < 4.78 is 11.7. The minimum atomic E-state index is -0.472. The molecule has 3 aliphatic heterocycles. The van der Waals surface area contributed by atoms with Gasteiger partial charge in [-0.1, -0.05) is 19.0 Å². The van der Waals surface area contributed by atoms with Gasteiger partial charge < -0.3 is 29.1 Å². The average molecular weight is 520 g/mol. The second-order valence-electron chi connectivity index (χ2n) is 10.5. The van der Waals surface area contributed by atoms with Crippen LogP contribution < -0.4 is 19.4 Å². The summed E-state index contributed by atoms with van der Waals surface area (Å²) in [4.78, 5) is 31.8. The van der Waals surface area contributed by atoms with Crippen LogP contribution in [0.4, 0.5) is 23.2 Å². The number of rotatable bonds is 6. The van der Waals surface area contributed by atoms with Crippen molar-refractivity contribution in [1.82, 2.24) is 20.1 Å². The van der Waals surface area contributed by atoms with E-state index in [2.05, 4.69) is 36.0 Å². The second kappa shape index (κ2) is 10.2. The first kappa shape index (κ1) is 24.6. The molecule has 1 atom stereocenters. The quantitative estimate of drug-likeness (QED) is 0.520. The predicted octanol–water partition coefficient (Wildman–Crippen LogP) is 3.21. The molecule has 3 aromatic rings. The van der Waals surface area contributed by atoms with Crippen LogP contribution in [0, 0.1) is 0 Å². The molecule has 1 N–H and O–H groups in total. The summed E-state index contributed by atoms with van der Waals surface area (Å²) in [5, 5.41) is 14.1. The minimum Gasteiger partial charge on any atom is -0.474 e. The number of nitrogens with zero attached hydrogens (tertiary/aromatic N) is 7. The molecule has 0 aliphatic carbocycles. The predicted molar refractivity (Wildman–Crippen MR) is 141 cm³/mol. The molecular formula is C27H33N7O4. The number of ether oxygens (including phenoxy) is 1. The fraction of sp³-hybridized carbons (Fsp3) is 0.519. The van der Waals surface area contributed by atoms with Crippen LogP contribution in [0.2, 0.25) is 0 Å². The third-order valence-electron chi connectivity index (χ3n) is 7.51. The Balaban J connectivity index is 1.10. The van der Waals surface area contributed by atoms with Crippen LogP contribution in [0.3, 0.4) is 0 Å². The first-order valence-corrected chi connectivity index (χ1v) is 13.4. The minimum absolute atomic E-state index is 0.0485. The molecule has 38 heavy (non-hydrogen) atoms. The van der Waals surface area contributed by atoms with E-state index in [9.17, 15) is 9.90 Å². The Morgan fingerprint density at radius 2 is 1.89 bits per heavy atom. The zero-order valence-electron chi connectivity index (χ0n) is 21.8. The molecule has 2 saturated heterocycles. The Hall–Kier alpha value is -3.73. The van der Waals surface area contributed by atoms with Crippen LogP contribution in [0.25, 0.3) is 0 Å². The average Bonchev–Trinajstić information content (AvgIpc) is 3.58. The Labute approximate surface area is 221 Å². The molecule has 5 heterocycles. The summed E-state index contributed by atoms with van der Waals surface area (Å²) in [6.07, 6.45) is 4.54. The SMILES string of the molecule is CC(C)c1noc(N2CCC(Oc3cc(N4CCc5cc(N6CC(O)CCC6=O)ccc54)ncn3)CC2)n1. The van der Waals surface area contributed by atoms with Gasteiger partial charge in [0.1, 0.15) is 18.2 Å². The van der Waals surface area contributed by atoms with Gasteiger partial charge in [0.25, 0.3) is 0 Å². The monoisotopic (exact) mass is 519 g/mol. The number of hydrogen-bond acceptors (Lipinski definition) is 10. The van der Waals surface area contributed by atoms with Gasteiger partial charge in [-0.2, -0.15) is 4.98 Å². The van der Waals surface area contributed by atoms with E-state index in [1.54, 1.807) is 11.2 Å². The van der Waals surface area contributed by atoms with Crippen LogP contribution in [-0.2, 0) is 11.2 Å². The van der Waals surface area contributed by atoms with Gasteiger partial charge in [-0.25, -0.2) is 9.97 Å². The highest BCUT2D eigenvalue weighted by Crippen LogP contribution is 2.37. The molecule has 6 rings (SSSR count). The molecule has 11 heteroatoms. The highest BCUT2D eigenvalue weighted by Gasteiger charge is 2.29. The lowest BCUT2D eigenvalue weighted by molar-refractivity contribution is -0.121. The van der Waals surface area contributed by atoms with Crippen LogP contribution in [0.1, 0.15) is 56.8 Å². The molecule has 1 aromatic carbocycles. The maximum Gasteiger partial charge on any atom is 0.324 e. The number of piperidine rings is 2. The largest absolute Gasteiger partial charge is 0.474 e. The van der Waals surface area contributed by atoms with Gasteiger partial charge in [0.2, 0.25) is 11.8 Å². The van der Waals surface area contributed by atoms with Crippen molar-refractivity contribution in [2.75, 3.05) is 40.9 Å². The highest BCUT2D eigenvalue weighted by atomic mass is 16.5. The number of hydrogen-bond donors (Lipinski definition) is 1. The molecule has 1 unspecified atom stereocenters. The number of β-amino-alcohol motifs (C(OH)–C–C–N with tert-alkyl or cyclic N) is 1. The van der Waals surface area contributed by atoms with Crippen molar-refractivity contribution in [2.45, 2.75) is 64.1 Å². The molecule has 2 aromatic heterocycles. The molecule has 11 nitrogen and oxygen atoms in total. The molecule has 0 spiro atoms. The lowest BCUT2D eigenvalue weighted by atomic mass is 10.1. The highest BCUT2D eigenvalue weighted by molar-refractivity contribution is 5.94. The normalized spacial score (nSPS) is 20.4. The van der Waals surface area contributed by atoms with Gasteiger partial charge in [0, 0.05) is 62.3 Å². The van der Waals surface area contributed by atoms with Crippen LogP contribution in [0.15, 0.2) is 35.1 Å². The molecule has 3 aliphatic rings. The summed E-state index contributed by atoms with van der Waals surface area (Å²) in [5.41, 5.74) is 3.07. The van der Waals surface area contributed by atoms with Gasteiger partial charge in [-0.05, 0) is 36.6 Å². The Kier molecular flexibility index (Phi) is 6.61. The number of carbonyl (C=O) groups excluding carboxylic acids is 1. The van der Waals surface area contributed by atoms with Gasteiger partial charge in [-0.3, -0.25) is 4.79 Å². The molecule has 0 radical (unpaired) electrons. The van der Waals surface area contributed by atoms with Crippen LogP contribution in [0.5, 0.6) is 5.88 Å². The fourth-order valence-electron chi connectivity index (χ4n) is 5.34. The summed E-state index contributed by atoms with van der Waals surface area (Å²) in [5.74, 6) is 2.37. The topological polar surface area (TPSA) is 121 Å². The number of benzene rings is 1. The molecule has 0 saturated carbocycles. The van der Waals surface area contributed by atoms with Gasteiger partial charge in [0.15, 0.2) is 5.82 Å². The Morgan fingerprint density at radius 1 is 1.05 bits per heavy atom. The third-order valence-corrected chi connectivity index (χ3v) is 7.51. The van der Waals surface area contributed by atoms with Crippen molar-refractivity contribution in [3.8, 4) is 5.88 Å². The number of anilines is 4. The van der Waals surface area contributed by atoms with E-state index >= 15 is 0 Å². The van der Waals surface area contributed by atoms with E-state index < -0.39 is 6.10 Å². The zero-order chi connectivity index (χ0) is 26.2. The van der Waals surface area contributed by atoms with Crippen molar-refractivity contribution < 1.29 is 19.2 Å². The lowest BCUT2D eigenvalue weighted by Gasteiger charge is -2.30. The van der Waals surface area contributed by atoms with Crippen molar-refractivity contribution >= 4 is 29.1 Å². The van der Waals surface area contributed by atoms with E-state index in [4.69, 9.17) is 9.26 Å². The van der Waals surface area contributed by atoms with E-state index in [0.29, 0.717) is 31.3 Å². The maximum absolute atomic E-state index is 12.4. The summed E-state index contributed by atoms with van der Waals surface area (Å²) in [6.45, 7) is 6.79. The standard InChI is InChI=1S/C27H33N7O4/c1-17(2)26-30-27(38-31-26)32-10-8-21(9-11-32)37-24-14-23(28-16-29-24)33-12-7-18-13-19(3-5-22(18)33)34-15-20(35)4-6-25(34)36/h3,5,13-14,16-17,20-21,35H,4,6-12,15H2,1-2H3. The van der Waals surface area contributed by atoms with E-state index in [0.717, 1.165) is 67.5 Å². The van der Waals surface area contributed by atoms with Crippen molar-refractivity contribution in [3.63, 3.8) is 0 Å². The Bertz CT molecular complexity index is 1300. The van der Waals surface area contributed by atoms with E-state index in [1.165, 1.54) is 0 Å². The van der Waals surface area contributed by atoms with Crippen molar-refractivity contribution in [2.24, 2.45) is 0 Å². The lowest BCUT2D eigenvalue weighted by Crippen LogP contribution is -2.42. The molecule has 0 bridgehead atoms. The maximum atomic E-state index is 12.4. The molecule has 1 amide bonds.